The molecule has 2 rings (SSSR count). The van der Waals surface area contributed by atoms with Crippen molar-refractivity contribution in [3.63, 3.8) is 0 Å². The third-order valence-electron chi connectivity index (χ3n) is 4.33. The van der Waals surface area contributed by atoms with E-state index in [0.717, 1.165) is 17.0 Å². The zero-order valence-corrected chi connectivity index (χ0v) is 14.6. The molecule has 0 unspecified atom stereocenters. The van der Waals surface area contributed by atoms with Crippen molar-refractivity contribution >= 4 is 5.91 Å². The lowest BCUT2D eigenvalue weighted by Crippen LogP contribution is -2.50. The summed E-state index contributed by atoms with van der Waals surface area (Å²) in [5, 5.41) is 13.2. The van der Waals surface area contributed by atoms with E-state index >= 15 is 0 Å². The molecule has 0 saturated carbocycles. The van der Waals surface area contributed by atoms with Crippen molar-refractivity contribution in [2.45, 2.75) is 59.1 Å². The lowest BCUT2D eigenvalue weighted by atomic mass is 10.0. The maximum absolute atomic E-state index is 12.5. The normalized spacial score (nSPS) is 17.1. The molecule has 0 N–H and O–H groups in total. The van der Waals surface area contributed by atoms with Crippen LogP contribution in [0.4, 0.5) is 0 Å². The summed E-state index contributed by atoms with van der Waals surface area (Å²) in [6, 6.07) is 2.14. The van der Waals surface area contributed by atoms with Crippen LogP contribution in [0.25, 0.3) is 0 Å². The maximum atomic E-state index is 12.5. The van der Waals surface area contributed by atoms with Crippen molar-refractivity contribution in [2.24, 2.45) is 0 Å². The molecule has 0 spiro atoms. The van der Waals surface area contributed by atoms with Gasteiger partial charge in [-0.05, 0) is 39.7 Å². The van der Waals surface area contributed by atoms with E-state index in [0.29, 0.717) is 45.5 Å². The number of ether oxygens (including phenoxy) is 1. The smallest absolute Gasteiger partial charge is 0.223 e. The summed E-state index contributed by atoms with van der Waals surface area (Å²) >= 11 is 0. The second-order valence-corrected chi connectivity index (χ2v) is 6.70. The van der Waals surface area contributed by atoms with Gasteiger partial charge in [-0.2, -0.15) is 10.4 Å². The number of hydrogen-bond donors (Lipinski definition) is 0. The first-order valence-corrected chi connectivity index (χ1v) is 8.15. The molecule has 0 aliphatic carbocycles. The average Bonchev–Trinajstić information content (AvgIpc) is 2.76. The van der Waals surface area contributed by atoms with Gasteiger partial charge in [-0.1, -0.05) is 0 Å². The molecular weight excluding hydrogens is 292 g/mol. The number of hydrogen-bond acceptors (Lipinski definition) is 4. The topological polar surface area (TPSA) is 71.2 Å². The number of carbonyl (C=O) groups excluding carboxylic acids is 1. The summed E-state index contributed by atoms with van der Waals surface area (Å²) < 4.78 is 7.53. The van der Waals surface area contributed by atoms with E-state index in [2.05, 4.69) is 11.2 Å². The van der Waals surface area contributed by atoms with Crippen LogP contribution in [0, 0.1) is 25.2 Å². The van der Waals surface area contributed by atoms with Crippen molar-refractivity contribution in [3.8, 4) is 6.07 Å². The molecule has 126 valence electrons. The van der Waals surface area contributed by atoms with E-state index in [-0.39, 0.29) is 11.5 Å². The number of carbonyl (C=O) groups is 1. The quantitative estimate of drug-likeness (QED) is 0.832. The van der Waals surface area contributed by atoms with Gasteiger partial charge in [0.1, 0.15) is 0 Å². The Morgan fingerprint density at radius 3 is 2.83 bits per heavy atom. The number of nitriles is 1. The Morgan fingerprint density at radius 2 is 2.17 bits per heavy atom. The Kier molecular flexibility index (Phi) is 5.42. The third kappa shape index (κ3) is 4.32. The predicted molar refractivity (Wildman–Crippen MR) is 86.9 cm³/mol. The van der Waals surface area contributed by atoms with E-state index < -0.39 is 0 Å². The molecule has 1 saturated heterocycles. The third-order valence-corrected chi connectivity index (χ3v) is 4.33. The number of aryl methyl sites for hydroxylation is 2. The molecule has 1 aliphatic rings. The lowest BCUT2D eigenvalue weighted by molar-refractivity contribution is -0.145. The lowest BCUT2D eigenvalue weighted by Gasteiger charge is -2.38. The fourth-order valence-corrected chi connectivity index (χ4v) is 3.09. The van der Waals surface area contributed by atoms with E-state index in [1.807, 2.05) is 37.3 Å². The number of nitrogens with zero attached hydrogens (tertiary/aromatic N) is 4. The minimum absolute atomic E-state index is 0.171. The fourth-order valence-electron chi connectivity index (χ4n) is 3.09. The zero-order valence-electron chi connectivity index (χ0n) is 14.6. The van der Waals surface area contributed by atoms with Gasteiger partial charge in [0.2, 0.25) is 5.91 Å². The van der Waals surface area contributed by atoms with Crippen LogP contribution >= 0.6 is 0 Å². The number of amides is 1. The van der Waals surface area contributed by atoms with Crippen LogP contribution in [0.15, 0.2) is 0 Å². The minimum Gasteiger partial charge on any atom is -0.372 e. The molecule has 23 heavy (non-hydrogen) atoms. The van der Waals surface area contributed by atoms with E-state index in [9.17, 15) is 4.79 Å². The minimum atomic E-state index is -0.262. The Morgan fingerprint density at radius 1 is 1.43 bits per heavy atom. The fraction of sp³-hybridized carbons (Fsp3) is 0.706. The summed E-state index contributed by atoms with van der Waals surface area (Å²) in [7, 11) is 0. The average molecular weight is 318 g/mol. The summed E-state index contributed by atoms with van der Waals surface area (Å²) in [6.45, 7) is 10.5. The predicted octanol–water partition coefficient (Wildman–Crippen LogP) is 1.98. The molecule has 6 nitrogen and oxygen atoms in total. The summed E-state index contributed by atoms with van der Waals surface area (Å²) in [5.41, 5.74) is 2.88. The molecule has 2 heterocycles. The van der Waals surface area contributed by atoms with Gasteiger partial charge in [0, 0.05) is 25.2 Å². The van der Waals surface area contributed by atoms with Crippen molar-refractivity contribution in [3.05, 3.63) is 17.0 Å². The molecule has 1 aliphatic heterocycles. The highest BCUT2D eigenvalue weighted by atomic mass is 16.5. The highest BCUT2D eigenvalue weighted by Gasteiger charge is 2.29. The summed E-state index contributed by atoms with van der Waals surface area (Å²) in [6.07, 6.45) is 1.63. The Bertz CT molecular complexity index is 613. The molecule has 0 aromatic carbocycles. The van der Waals surface area contributed by atoms with Crippen molar-refractivity contribution in [1.29, 1.82) is 5.26 Å². The largest absolute Gasteiger partial charge is 0.372 e. The standard InChI is InChI=1S/C17H26N4O2/c1-13-15(14(2)21(19-13)9-5-8-18)6-7-16(22)20-10-11-23-17(3,4)12-20/h5-7,9-12H2,1-4H3. The van der Waals surface area contributed by atoms with Crippen molar-refractivity contribution < 1.29 is 9.53 Å². The Hall–Kier alpha value is -1.87. The van der Waals surface area contributed by atoms with Gasteiger partial charge in [0.05, 0.1) is 36.9 Å². The van der Waals surface area contributed by atoms with Gasteiger partial charge in [0.25, 0.3) is 0 Å². The van der Waals surface area contributed by atoms with Gasteiger partial charge in [0.15, 0.2) is 0 Å². The molecule has 1 fully saturated rings. The second kappa shape index (κ2) is 7.14. The van der Waals surface area contributed by atoms with Gasteiger partial charge < -0.3 is 9.64 Å². The summed E-state index contributed by atoms with van der Waals surface area (Å²) in [4.78, 5) is 14.4. The molecular formula is C17H26N4O2. The van der Waals surface area contributed by atoms with Gasteiger partial charge in [-0.15, -0.1) is 0 Å². The van der Waals surface area contributed by atoms with E-state index in [1.54, 1.807) is 0 Å². The van der Waals surface area contributed by atoms with E-state index in [1.165, 1.54) is 0 Å². The first-order valence-electron chi connectivity index (χ1n) is 8.15. The maximum Gasteiger partial charge on any atom is 0.223 e. The SMILES string of the molecule is Cc1nn(CCC#N)c(C)c1CCC(=O)N1CCOC(C)(C)C1. The first-order chi connectivity index (χ1) is 10.8. The van der Waals surface area contributed by atoms with E-state index in [4.69, 9.17) is 10.00 Å². The van der Waals surface area contributed by atoms with Crippen LogP contribution < -0.4 is 0 Å². The van der Waals surface area contributed by atoms with Gasteiger partial charge >= 0.3 is 0 Å². The monoisotopic (exact) mass is 318 g/mol. The molecule has 0 atom stereocenters. The Labute approximate surface area is 138 Å². The van der Waals surface area contributed by atoms with Crippen LogP contribution in [-0.4, -0.2) is 45.9 Å². The van der Waals surface area contributed by atoms with Crippen LogP contribution in [0.3, 0.4) is 0 Å². The first kappa shape index (κ1) is 17.5. The van der Waals surface area contributed by atoms with Crippen LogP contribution in [-0.2, 0) is 22.5 Å². The van der Waals surface area contributed by atoms with Crippen LogP contribution in [0.2, 0.25) is 0 Å². The van der Waals surface area contributed by atoms with Gasteiger partial charge in [-0.25, -0.2) is 0 Å². The zero-order chi connectivity index (χ0) is 17.0. The number of morpholine rings is 1. The molecule has 0 radical (unpaired) electrons. The summed E-state index contributed by atoms with van der Waals surface area (Å²) in [5.74, 6) is 0.171. The molecule has 1 aromatic heterocycles. The van der Waals surface area contributed by atoms with Gasteiger partial charge in [-0.3, -0.25) is 9.48 Å². The molecule has 1 amide bonds. The van der Waals surface area contributed by atoms with Crippen LogP contribution in [0.1, 0.15) is 43.6 Å². The van der Waals surface area contributed by atoms with Crippen molar-refractivity contribution in [1.82, 2.24) is 14.7 Å². The molecule has 1 aromatic rings. The van der Waals surface area contributed by atoms with Crippen LogP contribution in [0.5, 0.6) is 0 Å². The second-order valence-electron chi connectivity index (χ2n) is 6.70. The highest BCUT2D eigenvalue weighted by Crippen LogP contribution is 2.19. The highest BCUT2D eigenvalue weighted by molar-refractivity contribution is 5.76. The molecule has 6 heteroatoms. The molecule has 0 bridgehead atoms. The van der Waals surface area contributed by atoms with Crippen molar-refractivity contribution in [2.75, 3.05) is 19.7 Å². The Balaban J connectivity index is 1.97. The number of rotatable bonds is 5. The number of aromatic nitrogens is 2.